The fourth-order valence-corrected chi connectivity index (χ4v) is 4.01. The van der Waals surface area contributed by atoms with Crippen LogP contribution in [0.15, 0.2) is 24.3 Å². The molecule has 1 aromatic rings. The molecule has 2 fully saturated rings. The lowest BCUT2D eigenvalue weighted by atomic mass is 9.85. The maximum atomic E-state index is 12.6. The van der Waals surface area contributed by atoms with E-state index >= 15 is 0 Å². The Hall–Kier alpha value is -1.84. The predicted octanol–water partition coefficient (Wildman–Crippen LogP) is 3.08. The lowest BCUT2D eigenvalue weighted by molar-refractivity contribution is -0.129. The van der Waals surface area contributed by atoms with E-state index in [9.17, 15) is 9.59 Å². The molecule has 1 aliphatic carbocycles. The van der Waals surface area contributed by atoms with Crippen LogP contribution in [0.4, 0.5) is 0 Å². The van der Waals surface area contributed by atoms with Crippen LogP contribution in [0.3, 0.4) is 0 Å². The molecule has 25 heavy (non-hydrogen) atoms. The number of aryl methyl sites for hydroxylation is 1. The van der Waals surface area contributed by atoms with Gasteiger partial charge in [0.05, 0.1) is 5.92 Å². The van der Waals surface area contributed by atoms with Gasteiger partial charge in [0, 0.05) is 25.6 Å². The SMILES string of the molecule is Cc1ccc(CCN2CC(C(=O)NC3CCCCC3C)CC2=O)cc1. The van der Waals surface area contributed by atoms with Crippen LogP contribution in [-0.2, 0) is 16.0 Å². The van der Waals surface area contributed by atoms with E-state index in [0.717, 1.165) is 12.8 Å². The number of likely N-dealkylation sites (tertiary alicyclic amines) is 1. The molecule has 1 N–H and O–H groups in total. The summed E-state index contributed by atoms with van der Waals surface area (Å²) in [7, 11) is 0. The summed E-state index contributed by atoms with van der Waals surface area (Å²) in [6.07, 6.45) is 5.94. The molecule has 0 bridgehead atoms. The highest BCUT2D eigenvalue weighted by Gasteiger charge is 2.35. The van der Waals surface area contributed by atoms with E-state index in [4.69, 9.17) is 0 Å². The van der Waals surface area contributed by atoms with E-state index < -0.39 is 0 Å². The summed E-state index contributed by atoms with van der Waals surface area (Å²) in [4.78, 5) is 26.7. The molecule has 1 aliphatic heterocycles. The normalized spacial score (nSPS) is 26.7. The molecule has 0 radical (unpaired) electrons. The van der Waals surface area contributed by atoms with Gasteiger partial charge in [-0.05, 0) is 37.7 Å². The second kappa shape index (κ2) is 8.03. The number of amides is 2. The van der Waals surface area contributed by atoms with Crippen LogP contribution in [0.2, 0.25) is 0 Å². The lowest BCUT2D eigenvalue weighted by Crippen LogP contribution is -2.44. The van der Waals surface area contributed by atoms with Gasteiger partial charge >= 0.3 is 0 Å². The first-order valence-electron chi connectivity index (χ1n) is 9.66. The summed E-state index contributed by atoms with van der Waals surface area (Å²) in [5.41, 5.74) is 2.48. The maximum Gasteiger partial charge on any atom is 0.225 e. The predicted molar refractivity (Wildman–Crippen MR) is 99.1 cm³/mol. The van der Waals surface area contributed by atoms with E-state index in [-0.39, 0.29) is 23.8 Å². The Morgan fingerprint density at radius 2 is 1.92 bits per heavy atom. The number of rotatable bonds is 5. The van der Waals surface area contributed by atoms with Crippen molar-refractivity contribution in [2.45, 2.75) is 58.4 Å². The van der Waals surface area contributed by atoms with Gasteiger partial charge in [-0.2, -0.15) is 0 Å². The van der Waals surface area contributed by atoms with Gasteiger partial charge in [0.25, 0.3) is 0 Å². The topological polar surface area (TPSA) is 49.4 Å². The minimum Gasteiger partial charge on any atom is -0.353 e. The highest BCUT2D eigenvalue weighted by atomic mass is 16.2. The molecule has 0 aromatic heterocycles. The number of carbonyl (C=O) groups is 2. The lowest BCUT2D eigenvalue weighted by Gasteiger charge is -2.30. The Labute approximate surface area is 151 Å². The second-order valence-electron chi connectivity index (χ2n) is 7.85. The first-order valence-corrected chi connectivity index (χ1v) is 9.66. The molecule has 1 aromatic carbocycles. The zero-order chi connectivity index (χ0) is 17.8. The van der Waals surface area contributed by atoms with Gasteiger partial charge < -0.3 is 10.2 Å². The minimum absolute atomic E-state index is 0.0740. The molecule has 2 aliphatic rings. The van der Waals surface area contributed by atoms with Gasteiger partial charge in [0.1, 0.15) is 0 Å². The van der Waals surface area contributed by atoms with E-state index in [1.54, 1.807) is 0 Å². The number of nitrogens with zero attached hydrogens (tertiary/aromatic N) is 1. The van der Waals surface area contributed by atoms with Crippen molar-refractivity contribution in [1.29, 1.82) is 0 Å². The molecule has 3 rings (SSSR count). The number of nitrogens with one attached hydrogen (secondary N) is 1. The zero-order valence-corrected chi connectivity index (χ0v) is 15.5. The van der Waals surface area contributed by atoms with E-state index in [0.29, 0.717) is 25.4 Å². The average molecular weight is 342 g/mol. The van der Waals surface area contributed by atoms with E-state index in [1.807, 2.05) is 4.90 Å². The summed E-state index contributed by atoms with van der Waals surface area (Å²) < 4.78 is 0. The van der Waals surface area contributed by atoms with Crippen molar-refractivity contribution in [2.24, 2.45) is 11.8 Å². The average Bonchev–Trinajstić information content (AvgIpc) is 2.97. The first kappa shape index (κ1) is 18.0. The number of benzene rings is 1. The summed E-state index contributed by atoms with van der Waals surface area (Å²) >= 11 is 0. The Kier molecular flexibility index (Phi) is 5.77. The summed E-state index contributed by atoms with van der Waals surface area (Å²) in [6, 6.07) is 8.72. The molecule has 1 heterocycles. The van der Waals surface area contributed by atoms with Crippen LogP contribution in [0.25, 0.3) is 0 Å². The standard InChI is InChI=1S/C21H30N2O2/c1-15-7-9-17(10-8-15)11-12-23-14-18(13-20(23)24)21(25)22-19-6-4-3-5-16(19)2/h7-10,16,18-19H,3-6,11-14H2,1-2H3,(H,22,25). The van der Waals surface area contributed by atoms with Crippen LogP contribution >= 0.6 is 0 Å². The monoisotopic (exact) mass is 342 g/mol. The zero-order valence-electron chi connectivity index (χ0n) is 15.5. The van der Waals surface area contributed by atoms with Crippen molar-refractivity contribution < 1.29 is 9.59 Å². The van der Waals surface area contributed by atoms with Gasteiger partial charge in [-0.1, -0.05) is 49.6 Å². The van der Waals surface area contributed by atoms with Crippen LogP contribution in [0.1, 0.15) is 50.2 Å². The molecule has 3 atom stereocenters. The molecule has 136 valence electrons. The third kappa shape index (κ3) is 4.62. The molecule has 1 saturated heterocycles. The fraction of sp³-hybridized carbons (Fsp3) is 0.619. The quantitative estimate of drug-likeness (QED) is 0.894. The van der Waals surface area contributed by atoms with Crippen LogP contribution in [-0.4, -0.2) is 35.8 Å². The van der Waals surface area contributed by atoms with E-state index in [1.165, 1.54) is 30.4 Å². The van der Waals surface area contributed by atoms with Crippen molar-refractivity contribution in [3.63, 3.8) is 0 Å². The number of hydrogen-bond acceptors (Lipinski definition) is 2. The van der Waals surface area contributed by atoms with Crippen LogP contribution in [0, 0.1) is 18.8 Å². The van der Waals surface area contributed by atoms with Crippen LogP contribution < -0.4 is 5.32 Å². The summed E-state index contributed by atoms with van der Waals surface area (Å²) in [5, 5.41) is 3.21. The first-order chi connectivity index (χ1) is 12.0. The number of hydrogen-bond donors (Lipinski definition) is 1. The van der Waals surface area contributed by atoms with Gasteiger partial charge in [0.2, 0.25) is 11.8 Å². The number of carbonyl (C=O) groups excluding carboxylic acids is 2. The van der Waals surface area contributed by atoms with Crippen LogP contribution in [0.5, 0.6) is 0 Å². The van der Waals surface area contributed by atoms with Gasteiger partial charge in [0.15, 0.2) is 0 Å². The van der Waals surface area contributed by atoms with Crippen molar-refractivity contribution >= 4 is 11.8 Å². The molecular weight excluding hydrogens is 312 g/mol. The second-order valence-corrected chi connectivity index (χ2v) is 7.85. The summed E-state index contributed by atoms with van der Waals surface area (Å²) in [6.45, 7) is 5.56. The molecule has 2 amide bonds. The smallest absolute Gasteiger partial charge is 0.225 e. The minimum atomic E-state index is -0.181. The maximum absolute atomic E-state index is 12.6. The van der Waals surface area contributed by atoms with Crippen molar-refractivity contribution in [3.05, 3.63) is 35.4 Å². The van der Waals surface area contributed by atoms with Crippen molar-refractivity contribution in [2.75, 3.05) is 13.1 Å². The molecule has 0 spiro atoms. The Morgan fingerprint density at radius 1 is 1.20 bits per heavy atom. The Balaban J connectivity index is 1.49. The third-order valence-electron chi connectivity index (χ3n) is 5.82. The highest BCUT2D eigenvalue weighted by molar-refractivity contribution is 5.89. The van der Waals surface area contributed by atoms with Crippen molar-refractivity contribution in [1.82, 2.24) is 10.2 Å². The highest BCUT2D eigenvalue weighted by Crippen LogP contribution is 2.25. The van der Waals surface area contributed by atoms with E-state index in [2.05, 4.69) is 43.4 Å². The largest absolute Gasteiger partial charge is 0.353 e. The molecular formula is C21H30N2O2. The fourth-order valence-electron chi connectivity index (χ4n) is 4.01. The van der Waals surface area contributed by atoms with Crippen molar-refractivity contribution in [3.8, 4) is 0 Å². The molecule has 4 heteroatoms. The summed E-state index contributed by atoms with van der Waals surface area (Å²) in [5.74, 6) is 0.556. The molecule has 3 unspecified atom stereocenters. The molecule has 1 saturated carbocycles. The van der Waals surface area contributed by atoms with Gasteiger partial charge in [-0.25, -0.2) is 0 Å². The molecule has 4 nitrogen and oxygen atoms in total. The third-order valence-corrected chi connectivity index (χ3v) is 5.82. The Bertz CT molecular complexity index is 611. The van der Waals surface area contributed by atoms with Gasteiger partial charge in [-0.3, -0.25) is 9.59 Å². The van der Waals surface area contributed by atoms with Gasteiger partial charge in [-0.15, -0.1) is 0 Å². The Morgan fingerprint density at radius 3 is 2.64 bits per heavy atom.